The third-order valence-electron chi connectivity index (χ3n) is 3.14. The molecule has 1 N–H and O–H groups in total. The highest BCUT2D eigenvalue weighted by Gasteiger charge is 2.04. The minimum Gasteiger partial charge on any atom is -0.494 e. The molecule has 0 fully saturated rings. The van der Waals surface area contributed by atoms with Crippen molar-refractivity contribution in [2.75, 3.05) is 12.4 Å². The standard InChI is InChI=1S/C18H21NO2S/c1-3-21-17-10-9-15(11-14(17)2)12-19-18(20)13-22-16-7-5-4-6-8-16/h4-11H,3,12-13H2,1-2H3,(H,19,20). The summed E-state index contributed by atoms with van der Waals surface area (Å²) in [5, 5.41) is 2.95. The molecule has 1 amide bonds. The predicted octanol–water partition coefficient (Wildman–Crippen LogP) is 3.80. The number of hydrogen-bond donors (Lipinski definition) is 1. The highest BCUT2D eigenvalue weighted by Crippen LogP contribution is 2.19. The van der Waals surface area contributed by atoms with Crippen LogP contribution in [0.25, 0.3) is 0 Å². The van der Waals surface area contributed by atoms with Gasteiger partial charge >= 0.3 is 0 Å². The van der Waals surface area contributed by atoms with Crippen molar-refractivity contribution in [1.29, 1.82) is 0 Å². The average molecular weight is 315 g/mol. The fraction of sp³-hybridized carbons (Fsp3) is 0.278. The molecule has 0 unspecified atom stereocenters. The van der Waals surface area contributed by atoms with Gasteiger partial charge < -0.3 is 10.1 Å². The van der Waals surface area contributed by atoms with Crippen molar-refractivity contribution < 1.29 is 9.53 Å². The molecule has 0 aliphatic heterocycles. The molecular formula is C18H21NO2S. The van der Waals surface area contributed by atoms with E-state index in [4.69, 9.17) is 4.74 Å². The van der Waals surface area contributed by atoms with Gasteiger partial charge in [-0.2, -0.15) is 0 Å². The largest absolute Gasteiger partial charge is 0.494 e. The Balaban J connectivity index is 1.80. The van der Waals surface area contributed by atoms with Crippen LogP contribution in [0.1, 0.15) is 18.1 Å². The summed E-state index contributed by atoms with van der Waals surface area (Å²) in [7, 11) is 0. The van der Waals surface area contributed by atoms with Crippen LogP contribution >= 0.6 is 11.8 Å². The van der Waals surface area contributed by atoms with Gasteiger partial charge in [0.15, 0.2) is 0 Å². The van der Waals surface area contributed by atoms with Gasteiger partial charge in [0.25, 0.3) is 0 Å². The topological polar surface area (TPSA) is 38.3 Å². The van der Waals surface area contributed by atoms with Gasteiger partial charge in [0, 0.05) is 11.4 Å². The Morgan fingerprint density at radius 2 is 1.95 bits per heavy atom. The zero-order chi connectivity index (χ0) is 15.8. The summed E-state index contributed by atoms with van der Waals surface area (Å²) in [6, 6.07) is 15.9. The van der Waals surface area contributed by atoms with Gasteiger partial charge in [-0.3, -0.25) is 4.79 Å². The molecule has 116 valence electrons. The molecule has 2 aromatic carbocycles. The zero-order valence-electron chi connectivity index (χ0n) is 13.0. The minimum atomic E-state index is 0.0420. The van der Waals surface area contributed by atoms with Crippen LogP contribution in [0.15, 0.2) is 53.4 Å². The lowest BCUT2D eigenvalue weighted by molar-refractivity contribution is -0.118. The Morgan fingerprint density at radius 1 is 1.18 bits per heavy atom. The highest BCUT2D eigenvalue weighted by molar-refractivity contribution is 8.00. The quantitative estimate of drug-likeness (QED) is 0.790. The van der Waals surface area contributed by atoms with Crippen molar-refractivity contribution in [3.8, 4) is 5.75 Å². The second-order valence-corrected chi connectivity index (χ2v) is 5.96. The number of benzene rings is 2. The maximum absolute atomic E-state index is 11.9. The van der Waals surface area contributed by atoms with Gasteiger partial charge in [-0.25, -0.2) is 0 Å². The third-order valence-corrected chi connectivity index (χ3v) is 4.15. The number of nitrogens with one attached hydrogen (secondary N) is 1. The molecular weight excluding hydrogens is 294 g/mol. The maximum Gasteiger partial charge on any atom is 0.230 e. The van der Waals surface area contributed by atoms with E-state index in [1.54, 1.807) is 11.8 Å². The number of ether oxygens (including phenoxy) is 1. The van der Waals surface area contributed by atoms with Gasteiger partial charge in [-0.15, -0.1) is 11.8 Å². The van der Waals surface area contributed by atoms with Crippen molar-refractivity contribution in [2.24, 2.45) is 0 Å². The Morgan fingerprint density at radius 3 is 2.64 bits per heavy atom. The first kappa shape index (κ1) is 16.4. The minimum absolute atomic E-state index is 0.0420. The molecule has 0 aliphatic carbocycles. The lowest BCUT2D eigenvalue weighted by Gasteiger charge is -2.10. The monoisotopic (exact) mass is 315 g/mol. The van der Waals surface area contributed by atoms with Crippen LogP contribution in [0.4, 0.5) is 0 Å². The number of aryl methyl sites for hydroxylation is 1. The SMILES string of the molecule is CCOc1ccc(CNC(=O)CSc2ccccc2)cc1C. The van der Waals surface area contributed by atoms with E-state index in [-0.39, 0.29) is 5.91 Å². The molecule has 0 spiro atoms. The molecule has 4 heteroatoms. The zero-order valence-corrected chi connectivity index (χ0v) is 13.8. The van der Waals surface area contributed by atoms with E-state index in [2.05, 4.69) is 11.4 Å². The lowest BCUT2D eigenvalue weighted by atomic mass is 10.1. The van der Waals surface area contributed by atoms with Crippen LogP contribution in [0.3, 0.4) is 0 Å². The van der Waals surface area contributed by atoms with E-state index in [1.165, 1.54) is 0 Å². The van der Waals surface area contributed by atoms with Gasteiger partial charge in [-0.1, -0.05) is 30.3 Å². The Kier molecular flexibility index (Phi) is 6.34. The summed E-state index contributed by atoms with van der Waals surface area (Å²) >= 11 is 1.54. The summed E-state index contributed by atoms with van der Waals surface area (Å²) in [6.45, 7) is 5.19. The van der Waals surface area contributed by atoms with E-state index in [0.717, 1.165) is 21.8 Å². The normalized spacial score (nSPS) is 10.3. The highest BCUT2D eigenvalue weighted by atomic mass is 32.2. The van der Waals surface area contributed by atoms with Crippen LogP contribution in [0, 0.1) is 6.92 Å². The fourth-order valence-electron chi connectivity index (χ4n) is 2.06. The number of hydrogen-bond acceptors (Lipinski definition) is 3. The molecule has 0 bridgehead atoms. The molecule has 2 rings (SSSR count). The van der Waals surface area contributed by atoms with Gasteiger partial charge in [0.1, 0.15) is 5.75 Å². The first-order valence-electron chi connectivity index (χ1n) is 7.36. The number of thioether (sulfide) groups is 1. The first-order valence-corrected chi connectivity index (χ1v) is 8.34. The number of amides is 1. The van der Waals surface area contributed by atoms with E-state index in [0.29, 0.717) is 18.9 Å². The second kappa shape index (κ2) is 8.49. The number of rotatable bonds is 7. The molecule has 0 heterocycles. The summed E-state index contributed by atoms with van der Waals surface area (Å²) in [6.07, 6.45) is 0. The van der Waals surface area contributed by atoms with Gasteiger partial charge in [0.05, 0.1) is 12.4 Å². The Bertz CT molecular complexity index is 614. The van der Waals surface area contributed by atoms with Crippen LogP contribution < -0.4 is 10.1 Å². The van der Waals surface area contributed by atoms with Crippen molar-refractivity contribution in [3.05, 3.63) is 59.7 Å². The molecule has 0 atom stereocenters. The first-order chi connectivity index (χ1) is 10.7. The van der Waals surface area contributed by atoms with Crippen LogP contribution in [0.2, 0.25) is 0 Å². The molecule has 2 aromatic rings. The molecule has 0 saturated heterocycles. The molecule has 0 aliphatic rings. The van der Waals surface area contributed by atoms with Crippen LogP contribution in [0.5, 0.6) is 5.75 Å². The lowest BCUT2D eigenvalue weighted by Crippen LogP contribution is -2.24. The summed E-state index contributed by atoms with van der Waals surface area (Å²) < 4.78 is 5.51. The van der Waals surface area contributed by atoms with Gasteiger partial charge in [0.2, 0.25) is 5.91 Å². The average Bonchev–Trinajstić information content (AvgIpc) is 2.54. The maximum atomic E-state index is 11.9. The molecule has 0 saturated carbocycles. The predicted molar refractivity (Wildman–Crippen MR) is 91.4 cm³/mol. The van der Waals surface area contributed by atoms with Crippen molar-refractivity contribution >= 4 is 17.7 Å². The van der Waals surface area contributed by atoms with E-state index < -0.39 is 0 Å². The summed E-state index contributed by atoms with van der Waals surface area (Å²) in [4.78, 5) is 13.0. The van der Waals surface area contributed by atoms with Crippen LogP contribution in [-0.4, -0.2) is 18.3 Å². The Hall–Kier alpha value is -1.94. The second-order valence-electron chi connectivity index (χ2n) is 4.91. The molecule has 22 heavy (non-hydrogen) atoms. The fourth-order valence-corrected chi connectivity index (χ4v) is 2.81. The van der Waals surface area contributed by atoms with Crippen molar-refractivity contribution in [3.63, 3.8) is 0 Å². The molecule has 3 nitrogen and oxygen atoms in total. The summed E-state index contributed by atoms with van der Waals surface area (Å²) in [5.41, 5.74) is 2.17. The van der Waals surface area contributed by atoms with E-state index in [9.17, 15) is 4.79 Å². The molecule has 0 radical (unpaired) electrons. The van der Waals surface area contributed by atoms with Crippen LogP contribution in [-0.2, 0) is 11.3 Å². The Labute approximate surface area is 136 Å². The third kappa shape index (κ3) is 5.11. The number of carbonyl (C=O) groups is 1. The smallest absolute Gasteiger partial charge is 0.230 e. The van der Waals surface area contributed by atoms with E-state index >= 15 is 0 Å². The molecule has 0 aromatic heterocycles. The van der Waals surface area contributed by atoms with Crippen molar-refractivity contribution in [2.45, 2.75) is 25.3 Å². The van der Waals surface area contributed by atoms with E-state index in [1.807, 2.05) is 56.3 Å². The number of carbonyl (C=O) groups excluding carboxylic acids is 1. The van der Waals surface area contributed by atoms with Gasteiger partial charge in [-0.05, 0) is 43.2 Å². The van der Waals surface area contributed by atoms with Crippen molar-refractivity contribution in [1.82, 2.24) is 5.32 Å². The summed E-state index contributed by atoms with van der Waals surface area (Å²) in [5.74, 6) is 1.37.